The zero-order chi connectivity index (χ0) is 23.8. The number of amides is 2. The summed E-state index contributed by atoms with van der Waals surface area (Å²) in [6, 6.07) is 17.9. The Morgan fingerprint density at radius 3 is 2.24 bits per heavy atom. The fraction of sp³-hybridized carbons (Fsp3) is 0.286. The van der Waals surface area contributed by atoms with Crippen LogP contribution in [0.3, 0.4) is 0 Å². The standard InChI is InChI=1S/C28H29N3O3/c1-19-7-4-5-8-23(19)18-31-21(3)20(2)24-17-22(10-11-25(24)31)27(32)29-12-14-30(15-13-29)28(33)26-9-6-16-34-26/h4-11,16-17H,12-15,18H2,1-3H3. The van der Waals surface area contributed by atoms with Crippen molar-refractivity contribution < 1.29 is 14.0 Å². The number of furan rings is 1. The molecule has 0 unspecified atom stereocenters. The molecule has 2 amide bonds. The predicted octanol–water partition coefficient (Wildman–Crippen LogP) is 4.81. The number of nitrogens with zero attached hydrogens (tertiary/aromatic N) is 3. The van der Waals surface area contributed by atoms with E-state index in [0.29, 0.717) is 37.5 Å². The van der Waals surface area contributed by atoms with Crippen LogP contribution in [0.25, 0.3) is 10.9 Å². The van der Waals surface area contributed by atoms with Crippen molar-refractivity contribution in [2.75, 3.05) is 26.2 Å². The second-order valence-corrected chi connectivity index (χ2v) is 9.02. The van der Waals surface area contributed by atoms with Crippen molar-refractivity contribution in [3.8, 4) is 0 Å². The minimum absolute atomic E-state index is 0.00991. The van der Waals surface area contributed by atoms with Crippen LogP contribution in [0.4, 0.5) is 0 Å². The molecule has 0 bridgehead atoms. The second kappa shape index (κ2) is 8.86. The van der Waals surface area contributed by atoms with Crippen molar-refractivity contribution in [1.82, 2.24) is 14.4 Å². The minimum atomic E-state index is -0.125. The lowest BCUT2D eigenvalue weighted by Crippen LogP contribution is -2.50. The van der Waals surface area contributed by atoms with Gasteiger partial charge in [-0.2, -0.15) is 0 Å². The van der Waals surface area contributed by atoms with Gasteiger partial charge >= 0.3 is 0 Å². The largest absolute Gasteiger partial charge is 0.459 e. The van der Waals surface area contributed by atoms with Gasteiger partial charge in [-0.25, -0.2) is 0 Å². The van der Waals surface area contributed by atoms with Crippen LogP contribution in [0.2, 0.25) is 0 Å². The summed E-state index contributed by atoms with van der Waals surface area (Å²) in [6.07, 6.45) is 1.50. The maximum atomic E-state index is 13.3. The molecule has 2 aromatic carbocycles. The first-order chi connectivity index (χ1) is 16.4. The van der Waals surface area contributed by atoms with Crippen LogP contribution in [0, 0.1) is 20.8 Å². The molecule has 3 heterocycles. The smallest absolute Gasteiger partial charge is 0.289 e. The van der Waals surface area contributed by atoms with Crippen LogP contribution >= 0.6 is 0 Å². The summed E-state index contributed by atoms with van der Waals surface area (Å²) >= 11 is 0. The summed E-state index contributed by atoms with van der Waals surface area (Å²) in [6.45, 7) is 9.23. The van der Waals surface area contributed by atoms with E-state index in [1.165, 1.54) is 28.6 Å². The van der Waals surface area contributed by atoms with E-state index in [-0.39, 0.29) is 11.8 Å². The number of piperazine rings is 1. The lowest BCUT2D eigenvalue weighted by atomic mass is 10.1. The molecule has 1 aliphatic heterocycles. The van der Waals surface area contributed by atoms with Gasteiger partial charge in [-0.3, -0.25) is 9.59 Å². The summed E-state index contributed by atoms with van der Waals surface area (Å²) in [5.74, 6) is 0.224. The molecule has 5 rings (SSSR count). The summed E-state index contributed by atoms with van der Waals surface area (Å²) in [5, 5.41) is 1.11. The van der Waals surface area contributed by atoms with Gasteiger partial charge in [0.1, 0.15) is 0 Å². The molecule has 0 spiro atoms. The van der Waals surface area contributed by atoms with Crippen molar-refractivity contribution in [2.45, 2.75) is 27.3 Å². The Morgan fingerprint density at radius 2 is 1.56 bits per heavy atom. The molecular formula is C28H29N3O3. The minimum Gasteiger partial charge on any atom is -0.459 e. The summed E-state index contributed by atoms with van der Waals surface area (Å²) in [7, 11) is 0. The van der Waals surface area contributed by atoms with Crippen LogP contribution in [-0.4, -0.2) is 52.4 Å². The molecule has 6 nitrogen and oxygen atoms in total. The molecule has 0 saturated carbocycles. The van der Waals surface area contributed by atoms with Crippen LogP contribution < -0.4 is 0 Å². The average molecular weight is 456 g/mol. The third kappa shape index (κ3) is 3.89. The van der Waals surface area contributed by atoms with Crippen LogP contribution in [0.5, 0.6) is 0 Å². The van der Waals surface area contributed by atoms with E-state index in [0.717, 1.165) is 17.4 Å². The van der Waals surface area contributed by atoms with E-state index >= 15 is 0 Å². The van der Waals surface area contributed by atoms with Gasteiger partial charge < -0.3 is 18.8 Å². The number of carbonyl (C=O) groups excluding carboxylic acids is 2. The number of fused-ring (bicyclic) bond motifs is 1. The first-order valence-corrected chi connectivity index (χ1v) is 11.7. The summed E-state index contributed by atoms with van der Waals surface area (Å²) in [4.78, 5) is 29.4. The quantitative estimate of drug-likeness (QED) is 0.444. The first kappa shape index (κ1) is 22.0. The van der Waals surface area contributed by atoms with Crippen LogP contribution in [0.1, 0.15) is 43.3 Å². The number of hydrogen-bond donors (Lipinski definition) is 0. The van der Waals surface area contributed by atoms with Gasteiger partial charge in [0.05, 0.1) is 6.26 Å². The fourth-order valence-electron chi connectivity index (χ4n) is 4.80. The number of carbonyl (C=O) groups is 2. The molecule has 174 valence electrons. The van der Waals surface area contributed by atoms with Crippen LogP contribution in [0.15, 0.2) is 65.3 Å². The molecule has 2 aromatic heterocycles. The van der Waals surface area contributed by atoms with Gasteiger partial charge in [0.15, 0.2) is 5.76 Å². The zero-order valence-corrected chi connectivity index (χ0v) is 19.9. The number of aromatic nitrogens is 1. The first-order valence-electron chi connectivity index (χ1n) is 11.7. The highest BCUT2D eigenvalue weighted by Crippen LogP contribution is 2.28. The molecule has 1 fully saturated rings. The van der Waals surface area contributed by atoms with E-state index in [4.69, 9.17) is 4.42 Å². The van der Waals surface area contributed by atoms with Gasteiger partial charge in [0.2, 0.25) is 0 Å². The molecule has 4 aromatic rings. The molecular weight excluding hydrogens is 426 g/mol. The molecule has 0 N–H and O–H groups in total. The third-order valence-electron chi connectivity index (χ3n) is 7.06. The van der Waals surface area contributed by atoms with E-state index in [1.807, 2.05) is 17.0 Å². The van der Waals surface area contributed by atoms with Crippen molar-refractivity contribution >= 4 is 22.7 Å². The normalized spacial score (nSPS) is 14.1. The van der Waals surface area contributed by atoms with E-state index < -0.39 is 0 Å². The molecule has 34 heavy (non-hydrogen) atoms. The molecule has 0 aliphatic carbocycles. The maximum Gasteiger partial charge on any atom is 0.289 e. The second-order valence-electron chi connectivity index (χ2n) is 9.02. The molecule has 1 aliphatic rings. The molecule has 0 atom stereocenters. The molecule has 0 radical (unpaired) electrons. The van der Waals surface area contributed by atoms with Crippen molar-refractivity contribution in [1.29, 1.82) is 0 Å². The highest BCUT2D eigenvalue weighted by molar-refractivity contribution is 5.99. The van der Waals surface area contributed by atoms with Gasteiger partial charge in [0, 0.05) is 54.9 Å². The topological polar surface area (TPSA) is 58.7 Å². The van der Waals surface area contributed by atoms with Gasteiger partial charge in [0.25, 0.3) is 11.8 Å². The van der Waals surface area contributed by atoms with Crippen molar-refractivity contribution in [2.24, 2.45) is 0 Å². The fourth-order valence-corrected chi connectivity index (χ4v) is 4.80. The lowest BCUT2D eigenvalue weighted by molar-refractivity contribution is 0.0518. The highest BCUT2D eigenvalue weighted by Gasteiger charge is 2.27. The SMILES string of the molecule is Cc1ccccc1Cn1c(C)c(C)c2cc(C(=O)N3CCN(C(=O)c4ccco4)CC3)ccc21. The predicted molar refractivity (Wildman–Crippen MR) is 132 cm³/mol. The third-order valence-corrected chi connectivity index (χ3v) is 7.06. The molecule has 6 heteroatoms. The Balaban J connectivity index is 1.34. The van der Waals surface area contributed by atoms with Gasteiger partial charge in [-0.15, -0.1) is 0 Å². The van der Waals surface area contributed by atoms with E-state index in [2.05, 4.69) is 55.7 Å². The van der Waals surface area contributed by atoms with Gasteiger partial charge in [-0.05, 0) is 67.8 Å². The monoisotopic (exact) mass is 455 g/mol. The Kier molecular flexibility index (Phi) is 5.74. The Labute approximate surface area is 199 Å². The number of rotatable bonds is 4. The van der Waals surface area contributed by atoms with Crippen LogP contribution in [-0.2, 0) is 6.54 Å². The highest BCUT2D eigenvalue weighted by atomic mass is 16.3. The number of benzene rings is 2. The number of aryl methyl sites for hydroxylation is 2. The maximum absolute atomic E-state index is 13.3. The van der Waals surface area contributed by atoms with Gasteiger partial charge in [-0.1, -0.05) is 24.3 Å². The zero-order valence-electron chi connectivity index (χ0n) is 19.9. The Morgan fingerprint density at radius 1 is 0.853 bits per heavy atom. The Hall–Kier alpha value is -3.80. The van der Waals surface area contributed by atoms with E-state index in [9.17, 15) is 9.59 Å². The van der Waals surface area contributed by atoms with Crippen molar-refractivity contribution in [3.63, 3.8) is 0 Å². The van der Waals surface area contributed by atoms with E-state index in [1.54, 1.807) is 17.0 Å². The lowest BCUT2D eigenvalue weighted by Gasteiger charge is -2.34. The average Bonchev–Trinajstić information content (AvgIpc) is 3.48. The van der Waals surface area contributed by atoms with Crippen molar-refractivity contribution in [3.05, 3.63) is 94.6 Å². The summed E-state index contributed by atoms with van der Waals surface area (Å²) in [5.41, 5.74) is 6.82. The number of hydrogen-bond acceptors (Lipinski definition) is 3. The molecule has 1 saturated heterocycles. The summed E-state index contributed by atoms with van der Waals surface area (Å²) < 4.78 is 7.56. The Bertz CT molecular complexity index is 1360.